The Labute approximate surface area is 186 Å². The molecule has 3 aromatic rings. The molecule has 0 unspecified atom stereocenters. The second-order valence-electron chi connectivity index (χ2n) is 6.02. The van der Waals surface area contributed by atoms with E-state index in [4.69, 9.17) is 27.9 Å². The third kappa shape index (κ3) is 5.20. The fraction of sp³-hybridized carbons (Fsp3) is 0.143. The fourth-order valence-corrected chi connectivity index (χ4v) is 4.45. The normalized spacial score (nSPS) is 10.7. The van der Waals surface area contributed by atoms with E-state index in [2.05, 4.69) is 37.2 Å². The van der Waals surface area contributed by atoms with Crippen LogP contribution in [0.1, 0.15) is 16.7 Å². The molecular formula is C21H17Br2Cl2NO. The quantitative estimate of drug-likeness (QED) is 0.349. The molecule has 0 saturated carbocycles. The van der Waals surface area contributed by atoms with Crippen LogP contribution in [0.15, 0.2) is 63.5 Å². The van der Waals surface area contributed by atoms with Crippen LogP contribution >= 0.6 is 55.1 Å². The van der Waals surface area contributed by atoms with Crippen LogP contribution in [0.2, 0.25) is 10.0 Å². The van der Waals surface area contributed by atoms with E-state index in [1.165, 1.54) is 0 Å². The van der Waals surface area contributed by atoms with Crippen molar-refractivity contribution in [3.8, 4) is 5.75 Å². The Morgan fingerprint density at radius 3 is 2.44 bits per heavy atom. The summed E-state index contributed by atoms with van der Waals surface area (Å²) in [4.78, 5) is 0. The molecular weight excluding hydrogens is 513 g/mol. The van der Waals surface area contributed by atoms with E-state index in [-0.39, 0.29) is 0 Å². The van der Waals surface area contributed by atoms with Gasteiger partial charge in [0.2, 0.25) is 0 Å². The number of hydrogen-bond donors (Lipinski definition) is 1. The number of nitrogens with one attached hydrogen (secondary N) is 1. The minimum absolute atomic E-state index is 0.392. The number of halogens is 4. The number of hydrogen-bond acceptors (Lipinski definition) is 2. The highest BCUT2D eigenvalue weighted by Crippen LogP contribution is 2.35. The standard InChI is InChI=1S/C21H17Br2Cl2NO/c1-13-18(24)7-4-8-20(13)26-11-15-9-16(22)10-17(23)21(15)27-12-14-5-2-3-6-19(14)25/h2-10,26H,11-12H2,1H3. The smallest absolute Gasteiger partial charge is 0.139 e. The molecule has 0 bridgehead atoms. The molecule has 140 valence electrons. The summed E-state index contributed by atoms with van der Waals surface area (Å²) in [7, 11) is 0. The maximum Gasteiger partial charge on any atom is 0.139 e. The Balaban J connectivity index is 1.82. The molecule has 1 N–H and O–H groups in total. The van der Waals surface area contributed by atoms with Gasteiger partial charge in [-0.3, -0.25) is 0 Å². The average molecular weight is 530 g/mol. The average Bonchev–Trinajstić information content (AvgIpc) is 2.63. The molecule has 2 nitrogen and oxygen atoms in total. The minimum atomic E-state index is 0.392. The fourth-order valence-electron chi connectivity index (χ4n) is 2.66. The highest BCUT2D eigenvalue weighted by molar-refractivity contribution is 9.11. The molecule has 0 fully saturated rings. The van der Waals surface area contributed by atoms with Gasteiger partial charge < -0.3 is 10.1 Å². The van der Waals surface area contributed by atoms with Crippen molar-refractivity contribution in [1.29, 1.82) is 0 Å². The van der Waals surface area contributed by atoms with Gasteiger partial charge in [0.1, 0.15) is 12.4 Å². The first-order chi connectivity index (χ1) is 13.0. The van der Waals surface area contributed by atoms with Crippen LogP contribution in [-0.2, 0) is 13.2 Å². The van der Waals surface area contributed by atoms with Crippen LogP contribution in [-0.4, -0.2) is 0 Å². The molecule has 0 heterocycles. The maximum atomic E-state index is 6.24. The van der Waals surface area contributed by atoms with Crippen LogP contribution in [0.4, 0.5) is 5.69 Å². The minimum Gasteiger partial charge on any atom is -0.487 e. The van der Waals surface area contributed by atoms with Crippen molar-refractivity contribution >= 4 is 60.7 Å². The molecule has 3 aromatic carbocycles. The van der Waals surface area contributed by atoms with Crippen molar-refractivity contribution < 1.29 is 4.74 Å². The topological polar surface area (TPSA) is 21.3 Å². The summed E-state index contributed by atoms with van der Waals surface area (Å²) < 4.78 is 7.96. The summed E-state index contributed by atoms with van der Waals surface area (Å²) in [6, 6.07) is 17.5. The van der Waals surface area contributed by atoms with Crippen LogP contribution < -0.4 is 10.1 Å². The van der Waals surface area contributed by atoms with E-state index in [9.17, 15) is 0 Å². The van der Waals surface area contributed by atoms with Gasteiger partial charge in [-0.1, -0.05) is 63.4 Å². The lowest BCUT2D eigenvalue weighted by atomic mass is 10.1. The summed E-state index contributed by atoms with van der Waals surface area (Å²) in [5, 5.41) is 4.88. The first-order valence-corrected chi connectivity index (χ1v) is 10.6. The largest absolute Gasteiger partial charge is 0.487 e. The number of rotatable bonds is 6. The predicted molar refractivity (Wildman–Crippen MR) is 121 cm³/mol. The molecule has 0 aliphatic heterocycles. The van der Waals surface area contributed by atoms with E-state index in [0.29, 0.717) is 18.2 Å². The Bertz CT molecular complexity index is 963. The Hall–Kier alpha value is -1.20. The molecule has 3 rings (SSSR count). The molecule has 0 atom stereocenters. The van der Waals surface area contributed by atoms with Gasteiger partial charge in [-0.15, -0.1) is 0 Å². The summed E-state index contributed by atoms with van der Waals surface area (Å²) in [6.45, 7) is 2.98. The van der Waals surface area contributed by atoms with Gasteiger partial charge in [-0.25, -0.2) is 0 Å². The summed E-state index contributed by atoms with van der Waals surface area (Å²) in [5.74, 6) is 0.783. The summed E-state index contributed by atoms with van der Waals surface area (Å²) >= 11 is 19.6. The van der Waals surface area contributed by atoms with Gasteiger partial charge >= 0.3 is 0 Å². The van der Waals surface area contributed by atoms with Gasteiger partial charge in [0.15, 0.2) is 0 Å². The van der Waals surface area contributed by atoms with E-state index in [1.54, 1.807) is 0 Å². The van der Waals surface area contributed by atoms with Crippen LogP contribution in [0.3, 0.4) is 0 Å². The Morgan fingerprint density at radius 1 is 0.926 bits per heavy atom. The molecule has 27 heavy (non-hydrogen) atoms. The lowest BCUT2D eigenvalue weighted by Crippen LogP contribution is -2.06. The van der Waals surface area contributed by atoms with Gasteiger partial charge in [-0.2, -0.15) is 0 Å². The molecule has 0 aliphatic rings. The van der Waals surface area contributed by atoms with E-state index >= 15 is 0 Å². The Kier molecular flexibility index (Phi) is 7.10. The SMILES string of the molecule is Cc1c(Cl)cccc1NCc1cc(Br)cc(Br)c1OCc1ccccc1Cl. The molecule has 0 spiro atoms. The first-order valence-electron chi connectivity index (χ1n) is 8.29. The predicted octanol–water partition coefficient (Wildman–Crippen LogP) is 8.02. The monoisotopic (exact) mass is 527 g/mol. The van der Waals surface area contributed by atoms with Crippen LogP contribution in [0.5, 0.6) is 5.75 Å². The number of benzene rings is 3. The molecule has 0 amide bonds. The van der Waals surface area contributed by atoms with E-state index < -0.39 is 0 Å². The van der Waals surface area contributed by atoms with Crippen molar-refractivity contribution in [2.75, 3.05) is 5.32 Å². The van der Waals surface area contributed by atoms with Gasteiger partial charge in [-0.05, 0) is 58.7 Å². The molecule has 0 saturated heterocycles. The van der Waals surface area contributed by atoms with Crippen LogP contribution in [0.25, 0.3) is 0 Å². The second kappa shape index (κ2) is 9.33. The zero-order valence-corrected chi connectivity index (χ0v) is 19.2. The highest BCUT2D eigenvalue weighted by atomic mass is 79.9. The van der Waals surface area contributed by atoms with Gasteiger partial charge in [0.05, 0.1) is 4.47 Å². The lowest BCUT2D eigenvalue weighted by molar-refractivity contribution is 0.301. The first kappa shape index (κ1) is 20.5. The third-order valence-electron chi connectivity index (χ3n) is 4.15. The van der Waals surface area contributed by atoms with Gasteiger partial charge in [0, 0.05) is 37.9 Å². The van der Waals surface area contributed by atoms with Crippen molar-refractivity contribution in [2.24, 2.45) is 0 Å². The number of anilines is 1. The molecule has 0 aliphatic carbocycles. The Morgan fingerprint density at radius 2 is 1.67 bits per heavy atom. The van der Waals surface area contributed by atoms with Crippen molar-refractivity contribution in [3.05, 3.63) is 90.3 Å². The second-order valence-corrected chi connectivity index (χ2v) is 8.61. The summed E-state index contributed by atoms with van der Waals surface area (Å²) in [5.41, 5.74) is 3.98. The van der Waals surface area contributed by atoms with Crippen molar-refractivity contribution in [1.82, 2.24) is 0 Å². The van der Waals surface area contributed by atoms with Crippen molar-refractivity contribution in [3.63, 3.8) is 0 Å². The number of ether oxygens (including phenoxy) is 1. The van der Waals surface area contributed by atoms with Crippen LogP contribution in [0, 0.1) is 6.92 Å². The maximum absolute atomic E-state index is 6.24. The lowest BCUT2D eigenvalue weighted by Gasteiger charge is -2.17. The zero-order valence-electron chi connectivity index (χ0n) is 14.5. The van der Waals surface area contributed by atoms with E-state index in [0.717, 1.165) is 42.1 Å². The van der Waals surface area contributed by atoms with Crippen molar-refractivity contribution in [2.45, 2.75) is 20.1 Å². The third-order valence-corrected chi connectivity index (χ3v) is 5.98. The van der Waals surface area contributed by atoms with Gasteiger partial charge in [0.25, 0.3) is 0 Å². The molecule has 0 aromatic heterocycles. The molecule has 0 radical (unpaired) electrons. The highest BCUT2D eigenvalue weighted by Gasteiger charge is 2.12. The molecule has 6 heteroatoms. The summed E-state index contributed by atoms with van der Waals surface area (Å²) in [6.07, 6.45) is 0. The zero-order chi connectivity index (χ0) is 19.4. The van der Waals surface area contributed by atoms with E-state index in [1.807, 2.05) is 61.5 Å².